The zero-order valence-corrected chi connectivity index (χ0v) is 9.73. The molecular formula is C3H4Cl4GeO. The fourth-order valence-corrected chi connectivity index (χ4v) is 0. The van der Waals surface area contributed by atoms with Crippen LogP contribution in [0.15, 0.2) is 12.7 Å². The molecule has 0 aromatic carbocycles. The van der Waals surface area contributed by atoms with Crippen molar-refractivity contribution < 1.29 is 4.79 Å². The van der Waals surface area contributed by atoms with Crippen molar-refractivity contribution in [2.45, 2.75) is 0 Å². The monoisotopic (exact) mass is 270 g/mol. The van der Waals surface area contributed by atoms with Crippen LogP contribution in [0.1, 0.15) is 0 Å². The molecule has 0 aliphatic heterocycles. The summed E-state index contributed by atoms with van der Waals surface area (Å²) in [6.45, 7) is 3.08. The van der Waals surface area contributed by atoms with Gasteiger partial charge in [0.1, 0.15) is 0 Å². The first kappa shape index (κ1) is 12.8. The molecule has 0 unspecified atom stereocenters. The van der Waals surface area contributed by atoms with Crippen LogP contribution in [0.3, 0.4) is 0 Å². The fourth-order valence-electron chi connectivity index (χ4n) is 0. The van der Waals surface area contributed by atoms with E-state index in [0.29, 0.717) is 0 Å². The van der Waals surface area contributed by atoms with Crippen molar-refractivity contribution in [3.8, 4) is 0 Å². The Balaban J connectivity index is 0. The minimum absolute atomic E-state index is 0.509. The van der Waals surface area contributed by atoms with E-state index in [1.54, 1.807) is 0 Å². The Labute approximate surface area is 75.6 Å². The molecule has 0 bridgehead atoms. The summed E-state index contributed by atoms with van der Waals surface area (Å²) in [5.74, 6) is 0. The molecule has 0 rings (SSSR count). The second-order valence-corrected chi connectivity index (χ2v) is 12.5. The van der Waals surface area contributed by atoms with E-state index >= 15 is 0 Å². The van der Waals surface area contributed by atoms with Crippen LogP contribution in [0, 0.1) is 0 Å². The van der Waals surface area contributed by atoms with Gasteiger partial charge in [-0.05, 0) is 17.7 Å². The van der Waals surface area contributed by atoms with Gasteiger partial charge in [-0.15, -0.1) is 0 Å². The van der Waals surface area contributed by atoms with Gasteiger partial charge in [0.25, 0.3) is 0 Å². The molecule has 0 amide bonds. The topological polar surface area (TPSA) is 17.1 Å². The van der Waals surface area contributed by atoms with Crippen LogP contribution in [-0.4, -0.2) is 16.8 Å². The molecule has 0 saturated heterocycles. The molecule has 0 heterocycles. The number of carbonyl (C=O) groups excluding carboxylic acids is 1. The normalized spacial score (nSPS) is 7.67. The van der Waals surface area contributed by atoms with Gasteiger partial charge in [0.2, 0.25) is 5.24 Å². The average Bonchev–Trinajstić information content (AvgIpc) is 1.65. The van der Waals surface area contributed by atoms with Gasteiger partial charge in [0.15, 0.2) is 0 Å². The van der Waals surface area contributed by atoms with Gasteiger partial charge in [0, 0.05) is 0 Å². The van der Waals surface area contributed by atoms with Gasteiger partial charge >= 0.3 is 41.6 Å². The molecule has 54 valence electrons. The third-order valence-corrected chi connectivity index (χ3v) is 0.315. The maximum atomic E-state index is 9.46. The van der Waals surface area contributed by atoms with E-state index in [1.807, 2.05) is 0 Å². The molecule has 0 aliphatic rings. The first-order valence-electron chi connectivity index (χ1n) is 1.74. The summed E-state index contributed by atoms with van der Waals surface area (Å²) in [5.41, 5.74) is 0. The Morgan fingerprint density at radius 3 is 1.56 bits per heavy atom. The van der Waals surface area contributed by atoms with Crippen molar-refractivity contribution in [2.75, 3.05) is 0 Å². The first-order chi connectivity index (χ1) is 4.00. The van der Waals surface area contributed by atoms with Crippen molar-refractivity contribution in [2.24, 2.45) is 0 Å². The first-order valence-corrected chi connectivity index (χ1v) is 11.7. The number of carbonyl (C=O) groups is 1. The van der Waals surface area contributed by atoms with Crippen LogP contribution >= 0.6 is 41.6 Å². The molecule has 0 spiro atoms. The van der Waals surface area contributed by atoms with Gasteiger partial charge in [-0.1, -0.05) is 6.58 Å². The molecular weight excluding hydrogens is 266 g/mol. The SMILES string of the molecule is C=CC(=O)Cl.[Cl][GeH]([Cl])[Cl]. The zero-order valence-electron chi connectivity index (χ0n) is 4.28. The van der Waals surface area contributed by atoms with Crippen LogP contribution in [-0.2, 0) is 4.79 Å². The number of rotatable bonds is 1. The third kappa shape index (κ3) is 47.6. The van der Waals surface area contributed by atoms with Gasteiger partial charge in [-0.2, -0.15) is 0 Å². The van der Waals surface area contributed by atoms with Gasteiger partial charge in [-0.25, -0.2) is 0 Å². The summed E-state index contributed by atoms with van der Waals surface area (Å²) < 4.78 is 0. The van der Waals surface area contributed by atoms with E-state index in [0.717, 1.165) is 6.08 Å². The Hall–Kier alpha value is 1.11. The Morgan fingerprint density at radius 1 is 1.44 bits per heavy atom. The molecule has 6 heteroatoms. The predicted molar refractivity (Wildman–Crippen MR) is 45.8 cm³/mol. The Morgan fingerprint density at radius 2 is 1.56 bits per heavy atom. The second-order valence-electron chi connectivity index (χ2n) is 0.756. The quantitative estimate of drug-likeness (QED) is 0.406. The van der Waals surface area contributed by atoms with Crippen LogP contribution in [0.5, 0.6) is 0 Å². The average molecular weight is 270 g/mol. The van der Waals surface area contributed by atoms with Crippen molar-refractivity contribution in [3.05, 3.63) is 12.7 Å². The second kappa shape index (κ2) is 9.11. The molecule has 1 nitrogen and oxygen atoms in total. The van der Waals surface area contributed by atoms with E-state index in [4.69, 9.17) is 41.6 Å². The number of hydrogen-bond acceptors (Lipinski definition) is 1. The van der Waals surface area contributed by atoms with E-state index < -0.39 is 16.8 Å². The number of halogens is 4. The molecule has 0 saturated carbocycles. The summed E-state index contributed by atoms with van der Waals surface area (Å²) >= 11 is 2.64. The molecule has 0 aromatic rings. The van der Waals surface area contributed by atoms with Crippen LogP contribution in [0.4, 0.5) is 0 Å². The van der Waals surface area contributed by atoms with E-state index in [-0.39, 0.29) is 0 Å². The molecule has 0 N–H and O–H groups in total. The summed E-state index contributed by atoms with van der Waals surface area (Å²) in [6, 6.07) is 0. The van der Waals surface area contributed by atoms with Crippen molar-refractivity contribution in [1.29, 1.82) is 0 Å². The van der Waals surface area contributed by atoms with Crippen molar-refractivity contribution >= 4 is 58.4 Å². The number of hydrogen-bond donors (Lipinski definition) is 0. The summed E-state index contributed by atoms with van der Waals surface area (Å²) in [6.07, 6.45) is 1.04. The Bertz CT molecular complexity index is 91.1. The fraction of sp³-hybridized carbons (Fsp3) is 0. The number of allylic oxidation sites excluding steroid dienone is 1. The molecule has 0 radical (unpaired) electrons. The molecule has 0 atom stereocenters. The molecule has 0 aliphatic carbocycles. The van der Waals surface area contributed by atoms with E-state index in [2.05, 4.69) is 6.58 Å². The maximum absolute atomic E-state index is 9.46. The van der Waals surface area contributed by atoms with Crippen molar-refractivity contribution in [1.82, 2.24) is 0 Å². The third-order valence-electron chi connectivity index (χ3n) is 0.160. The van der Waals surface area contributed by atoms with Gasteiger partial charge in [0.05, 0.1) is 0 Å². The minimum atomic E-state index is -2.06. The summed E-state index contributed by atoms with van der Waals surface area (Å²) in [5, 5.41) is -0.509. The van der Waals surface area contributed by atoms with Gasteiger partial charge < -0.3 is 0 Å². The van der Waals surface area contributed by atoms with E-state index in [1.165, 1.54) is 0 Å². The van der Waals surface area contributed by atoms with Crippen LogP contribution < -0.4 is 0 Å². The summed E-state index contributed by atoms with van der Waals surface area (Å²) in [4.78, 5) is 9.46. The standard InChI is InChI=1S/C3H3ClO.Cl3GeH/c1-2-3(4)5;1-4(2)3/h2H,1H2;4H. The molecule has 0 fully saturated rings. The summed E-state index contributed by atoms with van der Waals surface area (Å²) in [7, 11) is 15.0. The van der Waals surface area contributed by atoms with Crippen LogP contribution in [0.2, 0.25) is 0 Å². The van der Waals surface area contributed by atoms with E-state index in [9.17, 15) is 4.79 Å². The van der Waals surface area contributed by atoms with Crippen molar-refractivity contribution in [3.63, 3.8) is 0 Å². The van der Waals surface area contributed by atoms with Gasteiger partial charge in [-0.3, -0.25) is 4.79 Å². The molecule has 0 aromatic heterocycles. The predicted octanol–water partition coefficient (Wildman–Crippen LogP) is 2.36. The zero-order chi connectivity index (χ0) is 7.86. The molecule has 9 heavy (non-hydrogen) atoms. The van der Waals surface area contributed by atoms with Crippen LogP contribution in [0.25, 0.3) is 0 Å². The Kier molecular flexibility index (Phi) is 12.9.